The van der Waals surface area contributed by atoms with E-state index >= 15 is 0 Å². The van der Waals surface area contributed by atoms with E-state index in [1.54, 1.807) is 12.1 Å². The van der Waals surface area contributed by atoms with E-state index in [1.165, 1.54) is 57.8 Å². The molecule has 0 aliphatic heterocycles. The molecule has 3 aromatic rings. The lowest BCUT2D eigenvalue weighted by Gasteiger charge is -2.17. The van der Waals surface area contributed by atoms with Gasteiger partial charge in [-0.05, 0) is 72.2 Å². The normalized spacial score (nSPS) is 11.6. The average molecular weight is 568 g/mol. The van der Waals surface area contributed by atoms with Crippen LogP contribution < -0.4 is 4.74 Å². The Labute approximate surface area is 254 Å². The van der Waals surface area contributed by atoms with Crippen molar-refractivity contribution in [2.75, 3.05) is 6.61 Å². The minimum atomic E-state index is -0.393. The minimum Gasteiger partial charge on any atom is -0.494 e. The van der Waals surface area contributed by atoms with Crippen LogP contribution in [0.5, 0.6) is 5.75 Å². The second kappa shape index (κ2) is 18.8. The lowest BCUT2D eigenvalue weighted by molar-refractivity contribution is 0.0288. The molecular formula is C38H49NO3. The molecule has 1 unspecified atom stereocenters. The summed E-state index contributed by atoms with van der Waals surface area (Å²) in [5.74, 6) is 0.505. The molecule has 0 amide bonds. The first kappa shape index (κ1) is 32.9. The van der Waals surface area contributed by atoms with Crippen LogP contribution in [0.4, 0.5) is 0 Å². The summed E-state index contributed by atoms with van der Waals surface area (Å²) in [7, 11) is 0. The molecule has 0 spiro atoms. The highest BCUT2D eigenvalue weighted by Crippen LogP contribution is 2.28. The predicted octanol–water partition coefficient (Wildman–Crippen LogP) is 10.8. The van der Waals surface area contributed by atoms with Crippen LogP contribution in [0.2, 0.25) is 0 Å². The summed E-state index contributed by atoms with van der Waals surface area (Å²) in [6.07, 6.45) is 14.6. The van der Waals surface area contributed by atoms with Gasteiger partial charge in [0.2, 0.25) is 0 Å². The number of ether oxygens (including phenoxy) is 2. The SMILES string of the molecule is CCCCCCCCCc1ccc(C(=O)OC(CC)c2ccc(-c3ccc(OCCCCCC)cc3)cc2)cc1C#N. The van der Waals surface area contributed by atoms with E-state index < -0.39 is 5.97 Å². The summed E-state index contributed by atoms with van der Waals surface area (Å²) >= 11 is 0. The quantitative estimate of drug-likeness (QED) is 0.107. The number of unbranched alkanes of at least 4 members (excludes halogenated alkanes) is 9. The zero-order chi connectivity index (χ0) is 30.0. The first-order valence-corrected chi connectivity index (χ1v) is 16.2. The number of benzene rings is 3. The molecule has 0 aliphatic rings. The van der Waals surface area contributed by atoms with Gasteiger partial charge in [0.15, 0.2) is 0 Å². The van der Waals surface area contributed by atoms with E-state index in [0.717, 1.165) is 53.9 Å². The van der Waals surface area contributed by atoms with Crippen molar-refractivity contribution in [3.63, 3.8) is 0 Å². The van der Waals surface area contributed by atoms with E-state index in [0.29, 0.717) is 17.5 Å². The number of esters is 1. The van der Waals surface area contributed by atoms with Crippen LogP contribution in [-0.2, 0) is 11.2 Å². The van der Waals surface area contributed by atoms with Crippen molar-refractivity contribution < 1.29 is 14.3 Å². The number of carbonyl (C=O) groups is 1. The number of rotatable bonds is 19. The van der Waals surface area contributed by atoms with E-state index in [4.69, 9.17) is 9.47 Å². The predicted molar refractivity (Wildman–Crippen MR) is 173 cm³/mol. The summed E-state index contributed by atoms with van der Waals surface area (Å²) in [6.45, 7) is 7.21. The van der Waals surface area contributed by atoms with Gasteiger partial charge in [0.25, 0.3) is 0 Å². The van der Waals surface area contributed by atoms with Gasteiger partial charge >= 0.3 is 5.97 Å². The van der Waals surface area contributed by atoms with Crippen LogP contribution in [0.15, 0.2) is 66.7 Å². The molecule has 0 saturated heterocycles. The van der Waals surface area contributed by atoms with E-state index in [-0.39, 0.29) is 6.10 Å². The standard InChI is InChI=1S/C38H49NO3/c1-4-7-9-11-12-13-14-16-30-19-22-34(28-35(30)29-39)38(40)42-37(6-3)33-20-17-31(18-21-33)32-23-25-36(26-24-32)41-27-15-10-8-5-2/h17-26,28,37H,4-16,27H2,1-3H3. The molecule has 42 heavy (non-hydrogen) atoms. The van der Waals surface area contributed by atoms with Gasteiger partial charge in [-0.15, -0.1) is 0 Å². The molecule has 0 saturated carbocycles. The highest BCUT2D eigenvalue weighted by Gasteiger charge is 2.18. The highest BCUT2D eigenvalue weighted by atomic mass is 16.5. The molecule has 0 radical (unpaired) electrons. The molecular weight excluding hydrogens is 518 g/mol. The minimum absolute atomic E-state index is 0.354. The first-order valence-electron chi connectivity index (χ1n) is 16.2. The largest absolute Gasteiger partial charge is 0.494 e. The summed E-state index contributed by atoms with van der Waals surface area (Å²) < 4.78 is 11.8. The average Bonchev–Trinajstić information content (AvgIpc) is 3.03. The van der Waals surface area contributed by atoms with Crippen molar-refractivity contribution in [3.8, 4) is 22.9 Å². The topological polar surface area (TPSA) is 59.3 Å². The highest BCUT2D eigenvalue weighted by molar-refractivity contribution is 5.90. The molecule has 1 atom stereocenters. The van der Waals surface area contributed by atoms with Gasteiger partial charge in [0.05, 0.1) is 23.8 Å². The number of hydrogen-bond donors (Lipinski definition) is 0. The molecule has 0 bridgehead atoms. The molecule has 0 aromatic heterocycles. The molecule has 0 heterocycles. The van der Waals surface area contributed by atoms with Gasteiger partial charge in [0, 0.05) is 0 Å². The summed E-state index contributed by atoms with van der Waals surface area (Å²) in [5.41, 5.74) is 5.18. The number of nitriles is 1. The zero-order valence-corrected chi connectivity index (χ0v) is 26.0. The number of hydrogen-bond acceptors (Lipinski definition) is 4. The second-order valence-electron chi connectivity index (χ2n) is 11.2. The van der Waals surface area contributed by atoms with Gasteiger partial charge < -0.3 is 9.47 Å². The van der Waals surface area contributed by atoms with Crippen LogP contribution in [0.1, 0.15) is 131 Å². The fourth-order valence-corrected chi connectivity index (χ4v) is 5.24. The van der Waals surface area contributed by atoms with Crippen molar-refractivity contribution in [2.24, 2.45) is 0 Å². The number of carbonyl (C=O) groups excluding carboxylic acids is 1. The fraction of sp³-hybridized carbons (Fsp3) is 0.474. The third-order valence-electron chi connectivity index (χ3n) is 7.87. The number of aryl methyl sites for hydroxylation is 1. The third-order valence-corrected chi connectivity index (χ3v) is 7.87. The van der Waals surface area contributed by atoms with Crippen molar-refractivity contribution in [2.45, 2.75) is 110 Å². The lowest BCUT2D eigenvalue weighted by Crippen LogP contribution is -2.12. The van der Waals surface area contributed by atoms with Crippen molar-refractivity contribution >= 4 is 5.97 Å². The lowest BCUT2D eigenvalue weighted by atomic mass is 9.98. The van der Waals surface area contributed by atoms with Crippen molar-refractivity contribution in [1.82, 2.24) is 0 Å². The third kappa shape index (κ3) is 10.7. The number of nitrogens with zero attached hydrogens (tertiary/aromatic N) is 1. The van der Waals surface area contributed by atoms with Gasteiger partial charge in [-0.2, -0.15) is 5.26 Å². The van der Waals surface area contributed by atoms with Crippen molar-refractivity contribution in [3.05, 3.63) is 89.0 Å². The van der Waals surface area contributed by atoms with Crippen LogP contribution in [-0.4, -0.2) is 12.6 Å². The Morgan fingerprint density at radius 1 is 0.738 bits per heavy atom. The van der Waals surface area contributed by atoms with E-state index in [9.17, 15) is 10.1 Å². The summed E-state index contributed by atoms with van der Waals surface area (Å²) in [5, 5.41) is 9.72. The first-order chi connectivity index (χ1) is 20.6. The van der Waals surface area contributed by atoms with Gasteiger partial charge in [-0.1, -0.05) is 121 Å². The maximum atomic E-state index is 13.1. The fourth-order valence-electron chi connectivity index (χ4n) is 5.24. The Balaban J connectivity index is 1.54. The molecule has 4 nitrogen and oxygen atoms in total. The Hall–Kier alpha value is -3.58. The molecule has 0 aliphatic carbocycles. The monoisotopic (exact) mass is 567 g/mol. The molecule has 3 rings (SSSR count). The van der Waals surface area contributed by atoms with Crippen LogP contribution in [0, 0.1) is 11.3 Å². The smallest absolute Gasteiger partial charge is 0.338 e. The Bertz CT molecular complexity index is 1240. The maximum absolute atomic E-state index is 13.1. The second-order valence-corrected chi connectivity index (χ2v) is 11.2. The van der Waals surface area contributed by atoms with Crippen LogP contribution >= 0.6 is 0 Å². The zero-order valence-electron chi connectivity index (χ0n) is 26.0. The Kier molecular flexibility index (Phi) is 14.7. The van der Waals surface area contributed by atoms with E-state index in [1.807, 2.05) is 37.3 Å². The van der Waals surface area contributed by atoms with Gasteiger partial charge in [-0.25, -0.2) is 4.79 Å². The van der Waals surface area contributed by atoms with Gasteiger partial charge in [0.1, 0.15) is 11.9 Å². The Morgan fingerprint density at radius 3 is 1.95 bits per heavy atom. The van der Waals surface area contributed by atoms with Crippen LogP contribution in [0.3, 0.4) is 0 Å². The van der Waals surface area contributed by atoms with Crippen LogP contribution in [0.25, 0.3) is 11.1 Å². The summed E-state index contributed by atoms with van der Waals surface area (Å²) in [4.78, 5) is 13.1. The molecule has 224 valence electrons. The summed E-state index contributed by atoms with van der Waals surface area (Å²) in [6, 6.07) is 24.1. The Morgan fingerprint density at radius 2 is 1.33 bits per heavy atom. The maximum Gasteiger partial charge on any atom is 0.338 e. The molecule has 0 fully saturated rings. The molecule has 4 heteroatoms. The van der Waals surface area contributed by atoms with E-state index in [2.05, 4.69) is 44.2 Å². The van der Waals surface area contributed by atoms with Gasteiger partial charge in [-0.3, -0.25) is 0 Å². The molecule has 0 N–H and O–H groups in total. The van der Waals surface area contributed by atoms with Crippen molar-refractivity contribution in [1.29, 1.82) is 5.26 Å². The molecule has 3 aromatic carbocycles.